The molecule has 0 aromatic heterocycles. The van der Waals surface area contributed by atoms with Gasteiger partial charge in [-0.05, 0) is 18.2 Å². The maximum Gasteiger partial charge on any atom is 0.312 e. The van der Waals surface area contributed by atoms with Gasteiger partial charge in [0, 0.05) is 22.8 Å². The zero-order valence-corrected chi connectivity index (χ0v) is 12.8. The van der Waals surface area contributed by atoms with Gasteiger partial charge in [0.1, 0.15) is 18.1 Å². The van der Waals surface area contributed by atoms with Crippen LogP contribution in [0.3, 0.4) is 0 Å². The van der Waals surface area contributed by atoms with Gasteiger partial charge in [-0.15, -0.1) is 10.1 Å². The van der Waals surface area contributed by atoms with Gasteiger partial charge >= 0.3 is 5.97 Å². The molecular formula is C12H15NO6S2. The Hall–Kier alpha value is -1.61. The van der Waals surface area contributed by atoms with E-state index < -0.39 is 11.1 Å². The number of carbonyl (C=O) groups excluding carboxylic acids is 1. The molecular weight excluding hydrogens is 318 g/mol. The summed E-state index contributed by atoms with van der Waals surface area (Å²) in [6.45, 7) is -0.00399. The van der Waals surface area contributed by atoms with Gasteiger partial charge in [-0.25, -0.2) is 0 Å². The van der Waals surface area contributed by atoms with Gasteiger partial charge in [-0.3, -0.25) is 4.79 Å². The van der Waals surface area contributed by atoms with Crippen LogP contribution >= 0.6 is 24.4 Å². The number of thiol groups is 1. The van der Waals surface area contributed by atoms with Crippen molar-refractivity contribution in [1.82, 2.24) is 0 Å². The van der Waals surface area contributed by atoms with Gasteiger partial charge in [0.25, 0.3) is 5.09 Å². The standard InChI is InChI=1S/C12H15NO6S2/c14-11-2-1-10(7-9(11)8-20)19-12(15)3-5-21-6-4-18-13(16)17/h1-2,7,14,20H,3-6,8H2. The first-order chi connectivity index (χ1) is 10.0. The van der Waals surface area contributed by atoms with E-state index in [1.807, 2.05) is 0 Å². The van der Waals surface area contributed by atoms with Crippen molar-refractivity contribution in [2.45, 2.75) is 12.2 Å². The summed E-state index contributed by atoms with van der Waals surface area (Å²) in [6.07, 6.45) is 0.181. The lowest BCUT2D eigenvalue weighted by Crippen LogP contribution is -2.10. The van der Waals surface area contributed by atoms with Crippen LogP contribution in [0.2, 0.25) is 0 Å². The first kappa shape index (κ1) is 17.4. The summed E-state index contributed by atoms with van der Waals surface area (Å²) in [5, 5.41) is 18.5. The lowest BCUT2D eigenvalue weighted by atomic mass is 10.2. The second-order valence-corrected chi connectivity index (χ2v) is 5.38. The highest BCUT2D eigenvalue weighted by molar-refractivity contribution is 7.99. The minimum atomic E-state index is -0.849. The van der Waals surface area contributed by atoms with E-state index in [1.54, 1.807) is 6.07 Å². The normalized spacial score (nSPS) is 10.1. The van der Waals surface area contributed by atoms with Crippen molar-refractivity contribution < 1.29 is 24.6 Å². The maximum absolute atomic E-state index is 11.6. The molecule has 1 aromatic carbocycles. The molecule has 0 heterocycles. The number of esters is 1. The fourth-order valence-corrected chi connectivity index (χ4v) is 2.32. The molecule has 0 aliphatic rings. The van der Waals surface area contributed by atoms with Crippen LogP contribution in [-0.2, 0) is 15.4 Å². The Morgan fingerprint density at radius 3 is 2.86 bits per heavy atom. The second-order valence-electron chi connectivity index (χ2n) is 3.84. The van der Waals surface area contributed by atoms with E-state index in [0.29, 0.717) is 28.6 Å². The first-order valence-corrected chi connectivity index (χ1v) is 7.80. The van der Waals surface area contributed by atoms with E-state index in [0.717, 1.165) is 0 Å². The molecule has 1 aromatic rings. The Morgan fingerprint density at radius 2 is 2.19 bits per heavy atom. The predicted molar refractivity (Wildman–Crippen MR) is 81.3 cm³/mol. The van der Waals surface area contributed by atoms with Crippen LogP contribution < -0.4 is 4.74 Å². The maximum atomic E-state index is 11.6. The Labute approximate surface area is 131 Å². The fourth-order valence-electron chi connectivity index (χ4n) is 1.36. The summed E-state index contributed by atoms with van der Waals surface area (Å²) in [7, 11) is 0. The fraction of sp³-hybridized carbons (Fsp3) is 0.417. The van der Waals surface area contributed by atoms with Crippen molar-refractivity contribution in [3.8, 4) is 11.5 Å². The van der Waals surface area contributed by atoms with Crippen molar-refractivity contribution in [2.24, 2.45) is 0 Å². The molecule has 9 heteroatoms. The van der Waals surface area contributed by atoms with Crippen LogP contribution in [0.4, 0.5) is 0 Å². The SMILES string of the molecule is O=C(CCSCCO[N+](=O)[O-])Oc1ccc(O)c(CS)c1. The van der Waals surface area contributed by atoms with E-state index in [9.17, 15) is 20.0 Å². The van der Waals surface area contributed by atoms with Crippen LogP contribution in [-0.4, -0.2) is 34.3 Å². The quantitative estimate of drug-likeness (QED) is 0.178. The average molecular weight is 333 g/mol. The van der Waals surface area contributed by atoms with Crippen LogP contribution in [0.25, 0.3) is 0 Å². The number of benzene rings is 1. The number of ether oxygens (including phenoxy) is 1. The molecule has 0 spiro atoms. The number of carbonyl (C=O) groups is 1. The van der Waals surface area contributed by atoms with E-state index in [-0.39, 0.29) is 18.8 Å². The van der Waals surface area contributed by atoms with Crippen molar-refractivity contribution in [3.63, 3.8) is 0 Å². The summed E-state index contributed by atoms with van der Waals surface area (Å²) in [5.41, 5.74) is 0.579. The van der Waals surface area contributed by atoms with E-state index in [1.165, 1.54) is 23.9 Å². The zero-order chi connectivity index (χ0) is 15.7. The van der Waals surface area contributed by atoms with Gasteiger partial charge in [0.05, 0.1) is 6.42 Å². The van der Waals surface area contributed by atoms with Crippen LogP contribution in [0.1, 0.15) is 12.0 Å². The molecule has 0 saturated carbocycles. The molecule has 0 radical (unpaired) electrons. The van der Waals surface area contributed by atoms with Crippen LogP contribution in [0.15, 0.2) is 18.2 Å². The highest BCUT2D eigenvalue weighted by atomic mass is 32.2. The molecule has 0 bridgehead atoms. The molecule has 1 rings (SSSR count). The number of nitrogens with zero attached hydrogens (tertiary/aromatic N) is 1. The van der Waals surface area contributed by atoms with E-state index in [4.69, 9.17) is 4.74 Å². The van der Waals surface area contributed by atoms with Crippen molar-refractivity contribution in [3.05, 3.63) is 33.9 Å². The molecule has 21 heavy (non-hydrogen) atoms. The third-order valence-corrected chi connectivity index (χ3v) is 3.62. The molecule has 0 saturated heterocycles. The molecule has 0 atom stereocenters. The Bertz CT molecular complexity index is 497. The van der Waals surface area contributed by atoms with Gasteiger partial charge in [-0.2, -0.15) is 24.4 Å². The Balaban J connectivity index is 2.26. The number of phenols is 1. The minimum Gasteiger partial charge on any atom is -0.508 e. The summed E-state index contributed by atoms with van der Waals surface area (Å²) in [4.78, 5) is 25.6. The summed E-state index contributed by atoms with van der Waals surface area (Å²) >= 11 is 5.42. The number of phenolic OH excluding ortho intramolecular Hbond substituents is 1. The van der Waals surface area contributed by atoms with E-state index in [2.05, 4.69) is 17.5 Å². The number of rotatable bonds is 9. The summed E-state index contributed by atoms with van der Waals surface area (Å²) in [5.74, 6) is 1.29. The molecule has 0 amide bonds. The number of hydrogen-bond acceptors (Lipinski definition) is 8. The molecule has 116 valence electrons. The third kappa shape index (κ3) is 7.09. The van der Waals surface area contributed by atoms with E-state index >= 15 is 0 Å². The van der Waals surface area contributed by atoms with Crippen LogP contribution in [0, 0.1) is 10.1 Å². The molecule has 0 aliphatic heterocycles. The molecule has 0 aliphatic carbocycles. The highest BCUT2D eigenvalue weighted by Crippen LogP contribution is 2.24. The lowest BCUT2D eigenvalue weighted by Gasteiger charge is -2.07. The zero-order valence-electron chi connectivity index (χ0n) is 11.1. The highest BCUT2D eigenvalue weighted by Gasteiger charge is 2.07. The number of hydrogen-bond donors (Lipinski definition) is 2. The van der Waals surface area contributed by atoms with Gasteiger partial charge in [0.2, 0.25) is 0 Å². The Kier molecular flexibility index (Phi) is 7.76. The van der Waals surface area contributed by atoms with Crippen LogP contribution in [0.5, 0.6) is 11.5 Å². The number of thioether (sulfide) groups is 1. The smallest absolute Gasteiger partial charge is 0.312 e. The van der Waals surface area contributed by atoms with Crippen molar-refractivity contribution >= 4 is 30.4 Å². The minimum absolute atomic E-state index is 0.00399. The lowest BCUT2D eigenvalue weighted by molar-refractivity contribution is -0.756. The Morgan fingerprint density at radius 1 is 1.43 bits per heavy atom. The summed E-state index contributed by atoms with van der Waals surface area (Å²) in [6, 6.07) is 4.49. The molecule has 1 N–H and O–H groups in total. The topological polar surface area (TPSA) is 98.9 Å². The average Bonchev–Trinajstić information content (AvgIpc) is 2.44. The largest absolute Gasteiger partial charge is 0.508 e. The number of aromatic hydroxyl groups is 1. The second kappa shape index (κ2) is 9.35. The molecule has 7 nitrogen and oxygen atoms in total. The van der Waals surface area contributed by atoms with Crippen molar-refractivity contribution in [2.75, 3.05) is 18.1 Å². The molecule has 0 fully saturated rings. The van der Waals surface area contributed by atoms with Crippen molar-refractivity contribution in [1.29, 1.82) is 0 Å². The monoisotopic (exact) mass is 333 g/mol. The van der Waals surface area contributed by atoms with Gasteiger partial charge in [0.15, 0.2) is 0 Å². The first-order valence-electron chi connectivity index (χ1n) is 6.01. The van der Waals surface area contributed by atoms with Gasteiger partial charge < -0.3 is 14.7 Å². The molecule has 0 unspecified atom stereocenters. The predicted octanol–water partition coefficient (Wildman–Crippen LogP) is 2.06. The summed E-state index contributed by atoms with van der Waals surface area (Å²) < 4.78 is 5.12. The van der Waals surface area contributed by atoms with Gasteiger partial charge in [-0.1, -0.05) is 0 Å². The third-order valence-electron chi connectivity index (χ3n) is 2.33.